The van der Waals surface area contributed by atoms with Crippen molar-refractivity contribution in [3.05, 3.63) is 47.5 Å². The molecule has 2 rings (SSSR count). The van der Waals surface area contributed by atoms with Crippen molar-refractivity contribution in [3.63, 3.8) is 0 Å². The van der Waals surface area contributed by atoms with E-state index in [4.69, 9.17) is 5.26 Å². The first-order chi connectivity index (χ1) is 8.72. The lowest BCUT2D eigenvalue weighted by Crippen LogP contribution is -2.09. The van der Waals surface area contributed by atoms with E-state index in [1.165, 1.54) is 6.07 Å². The van der Waals surface area contributed by atoms with Crippen molar-refractivity contribution in [2.75, 3.05) is 11.9 Å². The van der Waals surface area contributed by atoms with Crippen LogP contribution in [0.1, 0.15) is 11.3 Å². The number of hydrogen-bond acceptors (Lipinski definition) is 3. The van der Waals surface area contributed by atoms with E-state index in [0.29, 0.717) is 12.2 Å². The van der Waals surface area contributed by atoms with E-state index in [2.05, 4.69) is 10.4 Å². The average Bonchev–Trinajstić information content (AvgIpc) is 2.75. The van der Waals surface area contributed by atoms with E-state index in [0.717, 1.165) is 12.1 Å². The molecule has 0 fully saturated rings. The Kier molecular flexibility index (Phi) is 3.58. The van der Waals surface area contributed by atoms with E-state index in [1.54, 1.807) is 23.0 Å². The predicted molar refractivity (Wildman–Crippen MR) is 66.5 cm³/mol. The van der Waals surface area contributed by atoms with Crippen molar-refractivity contribution in [2.24, 2.45) is 7.05 Å². The van der Waals surface area contributed by atoms with Crippen LogP contribution in [0, 0.1) is 17.1 Å². The van der Waals surface area contributed by atoms with Crippen molar-refractivity contribution >= 4 is 5.69 Å². The second kappa shape index (κ2) is 5.32. The Morgan fingerprint density at radius 3 is 2.94 bits per heavy atom. The Balaban J connectivity index is 2.01. The Labute approximate surface area is 105 Å². The second-order valence-corrected chi connectivity index (χ2v) is 3.90. The molecule has 1 N–H and O–H groups in total. The summed E-state index contributed by atoms with van der Waals surface area (Å²) in [7, 11) is 1.87. The van der Waals surface area contributed by atoms with Gasteiger partial charge in [-0.05, 0) is 18.2 Å². The van der Waals surface area contributed by atoms with Crippen molar-refractivity contribution in [3.8, 4) is 6.07 Å². The molecule has 0 aliphatic heterocycles. The molecule has 0 aliphatic carbocycles. The van der Waals surface area contributed by atoms with Crippen molar-refractivity contribution < 1.29 is 4.39 Å². The monoisotopic (exact) mass is 244 g/mol. The normalized spacial score (nSPS) is 10.1. The highest BCUT2D eigenvalue weighted by Gasteiger charge is 2.07. The second-order valence-electron chi connectivity index (χ2n) is 3.90. The van der Waals surface area contributed by atoms with Crippen LogP contribution >= 0.6 is 0 Å². The number of benzene rings is 1. The number of anilines is 1. The lowest BCUT2D eigenvalue weighted by atomic mass is 10.2. The van der Waals surface area contributed by atoms with E-state index >= 15 is 0 Å². The molecule has 92 valence electrons. The largest absolute Gasteiger partial charge is 0.383 e. The summed E-state index contributed by atoms with van der Waals surface area (Å²) >= 11 is 0. The minimum Gasteiger partial charge on any atom is -0.383 e. The maximum absolute atomic E-state index is 13.3. The number of aromatic nitrogens is 2. The van der Waals surface area contributed by atoms with Crippen molar-refractivity contribution in [1.82, 2.24) is 9.78 Å². The summed E-state index contributed by atoms with van der Waals surface area (Å²) in [4.78, 5) is 0. The van der Waals surface area contributed by atoms with Crippen molar-refractivity contribution in [2.45, 2.75) is 6.42 Å². The molecule has 0 spiro atoms. The fraction of sp³-hybridized carbons (Fsp3) is 0.231. The fourth-order valence-electron chi connectivity index (χ4n) is 1.76. The molecule has 1 aromatic heterocycles. The summed E-state index contributed by atoms with van der Waals surface area (Å²) in [5, 5.41) is 16.0. The predicted octanol–water partition coefficient (Wildman–Crippen LogP) is 2.09. The quantitative estimate of drug-likeness (QED) is 0.896. The molecule has 0 saturated heterocycles. The lowest BCUT2D eigenvalue weighted by Gasteiger charge is -2.08. The third-order valence-corrected chi connectivity index (χ3v) is 2.74. The number of nitrogens with zero attached hydrogens (tertiary/aromatic N) is 3. The molecule has 0 amide bonds. The van der Waals surface area contributed by atoms with Gasteiger partial charge in [-0.3, -0.25) is 4.68 Å². The Bertz CT molecular complexity index is 583. The van der Waals surface area contributed by atoms with Gasteiger partial charge in [0.2, 0.25) is 0 Å². The molecule has 0 aliphatic rings. The maximum atomic E-state index is 13.3. The van der Waals surface area contributed by atoms with Crippen LogP contribution in [-0.4, -0.2) is 16.3 Å². The molecule has 0 saturated carbocycles. The minimum absolute atomic E-state index is 0.0579. The lowest BCUT2D eigenvalue weighted by molar-refractivity contribution is 0.624. The highest BCUT2D eigenvalue weighted by molar-refractivity contribution is 5.57. The zero-order valence-electron chi connectivity index (χ0n) is 10.0. The molecule has 0 unspecified atom stereocenters. The van der Waals surface area contributed by atoms with Crippen LogP contribution in [0.25, 0.3) is 0 Å². The highest BCUT2D eigenvalue weighted by Crippen LogP contribution is 2.17. The molecule has 2 aromatic rings. The van der Waals surface area contributed by atoms with Gasteiger partial charge in [-0.25, -0.2) is 4.39 Å². The van der Waals surface area contributed by atoms with Crippen LogP contribution in [0.4, 0.5) is 10.1 Å². The van der Waals surface area contributed by atoms with Crippen molar-refractivity contribution in [1.29, 1.82) is 5.26 Å². The van der Waals surface area contributed by atoms with Gasteiger partial charge in [0.25, 0.3) is 0 Å². The van der Waals surface area contributed by atoms with Gasteiger partial charge < -0.3 is 5.32 Å². The number of nitrogens with one attached hydrogen (secondary N) is 1. The van der Waals surface area contributed by atoms with Crippen LogP contribution in [0.3, 0.4) is 0 Å². The summed E-state index contributed by atoms with van der Waals surface area (Å²) in [5.41, 5.74) is 1.67. The SMILES string of the molecule is Cn1nccc1CCNc1cccc(F)c1C#N. The van der Waals surface area contributed by atoms with Gasteiger partial charge in [0.05, 0.1) is 5.69 Å². The van der Waals surface area contributed by atoms with Gasteiger partial charge in [0.15, 0.2) is 0 Å². The summed E-state index contributed by atoms with van der Waals surface area (Å²) in [6.07, 6.45) is 2.50. The molecule has 0 radical (unpaired) electrons. The molecular formula is C13H13FN4. The van der Waals surface area contributed by atoms with E-state index in [9.17, 15) is 4.39 Å². The molecule has 4 nitrogen and oxygen atoms in total. The van der Waals surface area contributed by atoms with E-state index in [1.807, 2.05) is 19.2 Å². The number of rotatable bonds is 4. The molecule has 5 heteroatoms. The van der Waals surface area contributed by atoms with Crippen LogP contribution in [0.5, 0.6) is 0 Å². The zero-order chi connectivity index (χ0) is 13.0. The number of aryl methyl sites for hydroxylation is 1. The highest BCUT2D eigenvalue weighted by atomic mass is 19.1. The summed E-state index contributed by atoms with van der Waals surface area (Å²) in [6, 6.07) is 8.36. The summed E-state index contributed by atoms with van der Waals surface area (Å²) < 4.78 is 15.1. The first kappa shape index (κ1) is 12.1. The van der Waals surface area contributed by atoms with Gasteiger partial charge >= 0.3 is 0 Å². The number of nitriles is 1. The molecule has 0 bridgehead atoms. The summed E-state index contributed by atoms with van der Waals surface area (Å²) in [6.45, 7) is 0.623. The van der Waals surface area contributed by atoms with Gasteiger partial charge in [-0.2, -0.15) is 10.4 Å². The fourth-order valence-corrected chi connectivity index (χ4v) is 1.76. The van der Waals surface area contributed by atoms with E-state index < -0.39 is 5.82 Å². The van der Waals surface area contributed by atoms with Crippen LogP contribution < -0.4 is 5.32 Å². The maximum Gasteiger partial charge on any atom is 0.143 e. The third kappa shape index (κ3) is 2.48. The summed E-state index contributed by atoms with van der Waals surface area (Å²) in [5.74, 6) is -0.497. The Morgan fingerprint density at radius 1 is 1.44 bits per heavy atom. The van der Waals surface area contributed by atoms with Gasteiger partial charge in [0.1, 0.15) is 17.4 Å². The molecular weight excluding hydrogens is 231 g/mol. The smallest absolute Gasteiger partial charge is 0.143 e. The third-order valence-electron chi connectivity index (χ3n) is 2.74. The first-order valence-corrected chi connectivity index (χ1v) is 5.61. The van der Waals surface area contributed by atoms with Gasteiger partial charge in [-0.15, -0.1) is 0 Å². The number of halogens is 1. The van der Waals surface area contributed by atoms with Crippen LogP contribution in [0.15, 0.2) is 30.5 Å². The molecule has 0 atom stereocenters. The average molecular weight is 244 g/mol. The van der Waals surface area contributed by atoms with Gasteiger partial charge in [0, 0.05) is 31.9 Å². The first-order valence-electron chi connectivity index (χ1n) is 5.61. The van der Waals surface area contributed by atoms with Crippen LogP contribution in [-0.2, 0) is 13.5 Å². The number of hydrogen-bond donors (Lipinski definition) is 1. The zero-order valence-corrected chi connectivity index (χ0v) is 10.0. The minimum atomic E-state index is -0.497. The topological polar surface area (TPSA) is 53.6 Å². The molecule has 1 aromatic carbocycles. The van der Waals surface area contributed by atoms with Gasteiger partial charge in [-0.1, -0.05) is 6.07 Å². The van der Waals surface area contributed by atoms with Crippen LogP contribution in [0.2, 0.25) is 0 Å². The molecule has 1 heterocycles. The Morgan fingerprint density at radius 2 is 2.28 bits per heavy atom. The van der Waals surface area contributed by atoms with E-state index in [-0.39, 0.29) is 5.56 Å². The Hall–Kier alpha value is -2.35. The molecule has 18 heavy (non-hydrogen) atoms. The standard InChI is InChI=1S/C13H13FN4/c1-18-10(6-8-17-18)5-7-16-13-4-2-3-12(14)11(13)9-15/h2-4,6,8,16H,5,7H2,1H3.